The molecule has 1 N–H and O–H groups in total. The first-order chi connectivity index (χ1) is 12.8. The van der Waals surface area contributed by atoms with Crippen molar-refractivity contribution in [2.24, 2.45) is 0 Å². The molecule has 0 saturated carbocycles. The van der Waals surface area contributed by atoms with Gasteiger partial charge in [-0.3, -0.25) is 0 Å². The van der Waals surface area contributed by atoms with E-state index in [0.29, 0.717) is 6.04 Å². The fraction of sp³-hybridized carbons (Fsp3) is 0.368. The summed E-state index contributed by atoms with van der Waals surface area (Å²) in [6.07, 6.45) is 5.61. The topological polar surface area (TPSA) is 71.8 Å². The van der Waals surface area contributed by atoms with Crippen LogP contribution in [0.15, 0.2) is 49.1 Å². The molecule has 1 fully saturated rings. The third-order valence-corrected chi connectivity index (χ3v) is 4.77. The molecule has 134 valence electrons. The van der Waals surface area contributed by atoms with Gasteiger partial charge in [0.2, 0.25) is 0 Å². The molecule has 4 rings (SSSR count). The van der Waals surface area contributed by atoms with Crippen molar-refractivity contribution >= 4 is 5.82 Å². The molecule has 0 aliphatic carbocycles. The number of para-hydroxylation sites is 1. The molecule has 1 aromatic carbocycles. The average molecular weight is 349 g/mol. The molecule has 1 aliphatic heterocycles. The van der Waals surface area contributed by atoms with Crippen molar-refractivity contribution in [3.05, 3.63) is 60.3 Å². The highest BCUT2D eigenvalue weighted by molar-refractivity contribution is 5.40. The minimum atomic E-state index is 0.427. The molecule has 1 saturated heterocycles. The largest absolute Gasteiger partial charge is 0.354 e. The van der Waals surface area contributed by atoms with Crippen molar-refractivity contribution in [3.63, 3.8) is 0 Å². The Bertz CT molecular complexity index is 829. The Hall–Kier alpha value is -2.80. The Kier molecular flexibility index (Phi) is 4.88. The van der Waals surface area contributed by atoms with Gasteiger partial charge in [0, 0.05) is 25.7 Å². The fourth-order valence-corrected chi connectivity index (χ4v) is 3.38. The second kappa shape index (κ2) is 7.61. The van der Waals surface area contributed by atoms with Crippen LogP contribution >= 0.6 is 0 Å². The zero-order valence-corrected chi connectivity index (χ0v) is 14.9. The SMILES string of the molecule is Cc1ccc(N2CCCC(NCc3ccccc3-n3cncn3)C2)nn1. The lowest BCUT2D eigenvalue weighted by atomic mass is 10.0. The predicted octanol–water partition coefficient (Wildman–Crippen LogP) is 2.12. The summed E-state index contributed by atoms with van der Waals surface area (Å²) >= 11 is 0. The van der Waals surface area contributed by atoms with Gasteiger partial charge in [-0.25, -0.2) is 9.67 Å². The zero-order chi connectivity index (χ0) is 17.8. The standard InChI is InChI=1S/C19H23N7/c1-15-8-9-19(24-23-15)25-10-4-6-17(12-25)21-11-16-5-2-3-7-18(16)26-14-20-13-22-26/h2-3,5,7-9,13-14,17,21H,4,6,10-12H2,1H3. The van der Waals surface area contributed by atoms with Crippen LogP contribution in [0.4, 0.5) is 5.82 Å². The van der Waals surface area contributed by atoms with Gasteiger partial charge >= 0.3 is 0 Å². The summed E-state index contributed by atoms with van der Waals surface area (Å²) in [4.78, 5) is 6.37. The van der Waals surface area contributed by atoms with E-state index in [0.717, 1.165) is 43.3 Å². The highest BCUT2D eigenvalue weighted by atomic mass is 15.3. The Labute approximate surface area is 153 Å². The first kappa shape index (κ1) is 16.7. The van der Waals surface area contributed by atoms with E-state index < -0.39 is 0 Å². The van der Waals surface area contributed by atoms with E-state index in [-0.39, 0.29) is 0 Å². The van der Waals surface area contributed by atoms with E-state index in [2.05, 4.69) is 54.8 Å². The summed E-state index contributed by atoms with van der Waals surface area (Å²) < 4.78 is 1.81. The maximum absolute atomic E-state index is 4.33. The molecule has 3 aromatic rings. The molecule has 0 amide bonds. The van der Waals surface area contributed by atoms with Crippen molar-refractivity contribution in [1.82, 2.24) is 30.3 Å². The van der Waals surface area contributed by atoms with Crippen LogP contribution in [0, 0.1) is 6.92 Å². The number of hydrogen-bond acceptors (Lipinski definition) is 6. The Morgan fingerprint density at radius 2 is 2.08 bits per heavy atom. The minimum absolute atomic E-state index is 0.427. The number of rotatable bonds is 5. The van der Waals surface area contributed by atoms with E-state index in [1.807, 2.05) is 23.7 Å². The summed E-state index contributed by atoms with van der Waals surface area (Å²) in [5.74, 6) is 0.963. The molecule has 3 heterocycles. The van der Waals surface area contributed by atoms with Crippen LogP contribution in [0.2, 0.25) is 0 Å². The van der Waals surface area contributed by atoms with Gasteiger partial charge in [0.25, 0.3) is 0 Å². The molecule has 0 bridgehead atoms. The maximum atomic E-state index is 4.33. The lowest BCUT2D eigenvalue weighted by Gasteiger charge is -2.34. The quantitative estimate of drug-likeness (QED) is 0.761. The van der Waals surface area contributed by atoms with Crippen LogP contribution in [0.3, 0.4) is 0 Å². The lowest BCUT2D eigenvalue weighted by Crippen LogP contribution is -2.46. The van der Waals surface area contributed by atoms with Crippen LogP contribution in [-0.2, 0) is 6.54 Å². The molecule has 0 radical (unpaired) electrons. The molecule has 7 heteroatoms. The van der Waals surface area contributed by atoms with Crippen LogP contribution in [-0.4, -0.2) is 44.1 Å². The molecule has 1 aliphatic rings. The van der Waals surface area contributed by atoms with E-state index in [1.165, 1.54) is 12.0 Å². The van der Waals surface area contributed by atoms with Crippen molar-refractivity contribution in [1.29, 1.82) is 0 Å². The second-order valence-corrected chi connectivity index (χ2v) is 6.67. The molecule has 2 aromatic heterocycles. The second-order valence-electron chi connectivity index (χ2n) is 6.67. The van der Waals surface area contributed by atoms with Gasteiger partial charge in [0.1, 0.15) is 12.7 Å². The zero-order valence-electron chi connectivity index (χ0n) is 14.9. The predicted molar refractivity (Wildman–Crippen MR) is 100 cm³/mol. The van der Waals surface area contributed by atoms with Gasteiger partial charge in [0.05, 0.1) is 11.4 Å². The summed E-state index contributed by atoms with van der Waals surface area (Å²) in [6, 6.07) is 12.8. The van der Waals surface area contributed by atoms with Gasteiger partial charge in [-0.15, -0.1) is 5.10 Å². The number of aromatic nitrogens is 5. The number of piperidine rings is 1. The molecule has 26 heavy (non-hydrogen) atoms. The fourth-order valence-electron chi connectivity index (χ4n) is 3.38. The Morgan fingerprint density at radius 3 is 2.88 bits per heavy atom. The van der Waals surface area contributed by atoms with Gasteiger partial charge in [0.15, 0.2) is 5.82 Å². The lowest BCUT2D eigenvalue weighted by molar-refractivity contribution is 0.419. The highest BCUT2D eigenvalue weighted by Gasteiger charge is 2.21. The molecular weight excluding hydrogens is 326 g/mol. The first-order valence-corrected chi connectivity index (χ1v) is 9.01. The molecule has 7 nitrogen and oxygen atoms in total. The minimum Gasteiger partial charge on any atom is -0.354 e. The smallest absolute Gasteiger partial charge is 0.151 e. The van der Waals surface area contributed by atoms with Gasteiger partial charge < -0.3 is 10.2 Å². The number of aryl methyl sites for hydroxylation is 1. The third-order valence-electron chi connectivity index (χ3n) is 4.77. The van der Waals surface area contributed by atoms with Crippen molar-refractivity contribution < 1.29 is 0 Å². The van der Waals surface area contributed by atoms with Crippen LogP contribution in [0.5, 0.6) is 0 Å². The van der Waals surface area contributed by atoms with Crippen molar-refractivity contribution in [2.75, 3.05) is 18.0 Å². The average Bonchev–Trinajstić information content (AvgIpc) is 3.22. The van der Waals surface area contributed by atoms with Crippen LogP contribution in [0.1, 0.15) is 24.1 Å². The third kappa shape index (κ3) is 3.72. The summed E-state index contributed by atoms with van der Waals surface area (Å²) in [5.41, 5.74) is 3.23. The molecule has 0 spiro atoms. The summed E-state index contributed by atoms with van der Waals surface area (Å²) in [6.45, 7) is 4.74. The van der Waals surface area contributed by atoms with E-state index >= 15 is 0 Å². The molecule has 1 unspecified atom stereocenters. The number of anilines is 1. The maximum Gasteiger partial charge on any atom is 0.151 e. The van der Waals surface area contributed by atoms with E-state index in [4.69, 9.17) is 0 Å². The number of benzene rings is 1. The van der Waals surface area contributed by atoms with E-state index in [1.54, 1.807) is 12.7 Å². The highest BCUT2D eigenvalue weighted by Crippen LogP contribution is 2.18. The van der Waals surface area contributed by atoms with Crippen LogP contribution in [0.25, 0.3) is 5.69 Å². The van der Waals surface area contributed by atoms with Crippen LogP contribution < -0.4 is 10.2 Å². The molecular formula is C19H23N7. The van der Waals surface area contributed by atoms with Gasteiger partial charge in [-0.2, -0.15) is 10.2 Å². The van der Waals surface area contributed by atoms with Gasteiger partial charge in [-0.1, -0.05) is 18.2 Å². The van der Waals surface area contributed by atoms with Crippen molar-refractivity contribution in [2.45, 2.75) is 32.4 Å². The van der Waals surface area contributed by atoms with Crippen molar-refractivity contribution in [3.8, 4) is 5.69 Å². The Morgan fingerprint density at radius 1 is 1.15 bits per heavy atom. The number of nitrogens with zero attached hydrogens (tertiary/aromatic N) is 6. The first-order valence-electron chi connectivity index (χ1n) is 9.01. The normalized spacial score (nSPS) is 17.4. The van der Waals surface area contributed by atoms with Gasteiger partial charge in [-0.05, 0) is 43.5 Å². The summed E-state index contributed by atoms with van der Waals surface area (Å²) in [5, 5.41) is 16.5. The summed E-state index contributed by atoms with van der Waals surface area (Å²) in [7, 11) is 0. The monoisotopic (exact) mass is 349 g/mol. The number of hydrogen-bond donors (Lipinski definition) is 1. The number of nitrogens with one attached hydrogen (secondary N) is 1. The van der Waals surface area contributed by atoms with E-state index in [9.17, 15) is 0 Å². The Balaban J connectivity index is 1.41. The molecule has 1 atom stereocenters.